The molecule has 0 amide bonds. The zero-order chi connectivity index (χ0) is 14.9. The van der Waals surface area contributed by atoms with Crippen LogP contribution < -0.4 is 10.6 Å². The third kappa shape index (κ3) is 5.59. The third-order valence-corrected chi connectivity index (χ3v) is 4.06. The summed E-state index contributed by atoms with van der Waals surface area (Å²) in [6, 6.07) is 6.23. The van der Waals surface area contributed by atoms with Gasteiger partial charge in [-0.1, -0.05) is 13.0 Å². The van der Waals surface area contributed by atoms with E-state index in [1.165, 1.54) is 4.88 Å². The van der Waals surface area contributed by atoms with Gasteiger partial charge in [-0.2, -0.15) is 5.10 Å². The van der Waals surface area contributed by atoms with Crippen molar-refractivity contribution in [3.8, 4) is 0 Å². The Morgan fingerprint density at radius 2 is 2.33 bits per heavy atom. The fraction of sp³-hybridized carbons (Fsp3) is 0.467. The molecule has 21 heavy (non-hydrogen) atoms. The molecule has 0 aromatic carbocycles. The molecule has 0 bridgehead atoms. The van der Waals surface area contributed by atoms with Crippen LogP contribution in [0, 0.1) is 5.92 Å². The van der Waals surface area contributed by atoms with Crippen molar-refractivity contribution in [2.45, 2.75) is 19.9 Å². The Bertz CT molecular complexity index is 518. The molecule has 0 fully saturated rings. The van der Waals surface area contributed by atoms with Crippen LogP contribution in [0.2, 0.25) is 0 Å². The van der Waals surface area contributed by atoms with E-state index in [0.717, 1.165) is 32.0 Å². The quantitative estimate of drug-likeness (QED) is 0.607. The Morgan fingerprint density at radius 1 is 1.43 bits per heavy atom. The molecule has 2 heterocycles. The highest BCUT2D eigenvalue weighted by atomic mass is 32.1. The molecule has 114 valence electrons. The SMILES string of the molecule is CN=C(NCCn1cccn1)NCC(C)Cc1cccs1. The Labute approximate surface area is 130 Å². The summed E-state index contributed by atoms with van der Waals surface area (Å²) < 4.78 is 1.90. The van der Waals surface area contributed by atoms with Gasteiger partial charge in [-0.25, -0.2) is 0 Å². The molecular weight excluding hydrogens is 282 g/mol. The number of guanidine groups is 1. The summed E-state index contributed by atoms with van der Waals surface area (Å²) in [7, 11) is 1.80. The van der Waals surface area contributed by atoms with E-state index in [4.69, 9.17) is 0 Å². The summed E-state index contributed by atoms with van der Waals surface area (Å²) in [5, 5.41) is 13.0. The molecule has 1 unspecified atom stereocenters. The maximum Gasteiger partial charge on any atom is 0.191 e. The first kappa shape index (κ1) is 15.6. The van der Waals surface area contributed by atoms with Gasteiger partial charge in [0.15, 0.2) is 5.96 Å². The molecule has 2 N–H and O–H groups in total. The van der Waals surface area contributed by atoms with E-state index < -0.39 is 0 Å². The molecule has 0 aliphatic carbocycles. The minimum atomic E-state index is 0.577. The maximum atomic E-state index is 4.24. The second-order valence-corrected chi connectivity index (χ2v) is 6.07. The highest BCUT2D eigenvalue weighted by molar-refractivity contribution is 7.09. The van der Waals surface area contributed by atoms with Crippen molar-refractivity contribution >= 4 is 17.3 Å². The van der Waals surface area contributed by atoms with Crippen molar-refractivity contribution < 1.29 is 0 Å². The van der Waals surface area contributed by atoms with Crippen LogP contribution in [0.1, 0.15) is 11.8 Å². The van der Waals surface area contributed by atoms with Gasteiger partial charge in [0.25, 0.3) is 0 Å². The largest absolute Gasteiger partial charge is 0.356 e. The van der Waals surface area contributed by atoms with E-state index >= 15 is 0 Å². The Hall–Kier alpha value is -1.82. The normalized spacial score (nSPS) is 13.1. The molecule has 0 aliphatic rings. The highest BCUT2D eigenvalue weighted by Gasteiger charge is 2.06. The lowest BCUT2D eigenvalue weighted by atomic mass is 10.1. The van der Waals surface area contributed by atoms with Gasteiger partial charge in [0.05, 0.1) is 6.54 Å². The predicted molar refractivity (Wildman–Crippen MR) is 88.8 cm³/mol. The van der Waals surface area contributed by atoms with Gasteiger partial charge in [-0.05, 0) is 29.9 Å². The van der Waals surface area contributed by atoms with Crippen LogP contribution >= 0.6 is 11.3 Å². The van der Waals surface area contributed by atoms with E-state index in [9.17, 15) is 0 Å². The van der Waals surface area contributed by atoms with Gasteiger partial charge < -0.3 is 10.6 Å². The van der Waals surface area contributed by atoms with Crippen molar-refractivity contribution in [1.82, 2.24) is 20.4 Å². The minimum Gasteiger partial charge on any atom is -0.356 e. The Balaban J connectivity index is 1.65. The van der Waals surface area contributed by atoms with Gasteiger partial charge in [-0.3, -0.25) is 9.67 Å². The molecule has 0 saturated carbocycles. The summed E-state index contributed by atoms with van der Waals surface area (Å²) in [4.78, 5) is 5.68. The molecule has 0 spiro atoms. The first-order valence-corrected chi connectivity index (χ1v) is 8.10. The van der Waals surface area contributed by atoms with Crippen molar-refractivity contribution in [3.63, 3.8) is 0 Å². The standard InChI is InChI=1S/C15H23N5S/c1-13(11-14-5-3-10-21-14)12-18-15(16-2)17-7-9-20-8-4-6-19-20/h3-6,8,10,13H,7,9,11-12H2,1-2H3,(H2,16,17,18). The Morgan fingerprint density at radius 3 is 3.00 bits per heavy atom. The number of rotatable bonds is 7. The first-order chi connectivity index (χ1) is 10.3. The molecular formula is C15H23N5S. The van der Waals surface area contributed by atoms with Crippen LogP contribution in [0.3, 0.4) is 0 Å². The zero-order valence-corrected chi connectivity index (χ0v) is 13.4. The van der Waals surface area contributed by atoms with Gasteiger partial charge in [-0.15, -0.1) is 11.3 Å². The van der Waals surface area contributed by atoms with Crippen molar-refractivity contribution in [1.29, 1.82) is 0 Å². The average molecular weight is 305 g/mol. The number of hydrogen-bond donors (Lipinski definition) is 2. The number of thiophene rings is 1. The van der Waals surface area contributed by atoms with Gasteiger partial charge in [0.1, 0.15) is 0 Å². The summed E-state index contributed by atoms with van der Waals surface area (Å²) >= 11 is 1.82. The van der Waals surface area contributed by atoms with Crippen LogP contribution in [0.25, 0.3) is 0 Å². The smallest absolute Gasteiger partial charge is 0.191 e. The van der Waals surface area contributed by atoms with Gasteiger partial charge in [0, 0.05) is 37.4 Å². The fourth-order valence-electron chi connectivity index (χ4n) is 2.06. The lowest BCUT2D eigenvalue weighted by Crippen LogP contribution is -2.41. The zero-order valence-electron chi connectivity index (χ0n) is 12.6. The Kier molecular flexibility index (Phi) is 6.27. The topological polar surface area (TPSA) is 54.2 Å². The molecule has 1 atom stereocenters. The van der Waals surface area contributed by atoms with E-state index in [-0.39, 0.29) is 0 Å². The van der Waals surface area contributed by atoms with Crippen LogP contribution in [-0.2, 0) is 13.0 Å². The molecule has 0 radical (unpaired) electrons. The molecule has 0 saturated heterocycles. The molecule has 2 aromatic rings. The van der Waals surface area contributed by atoms with Crippen LogP contribution in [0.5, 0.6) is 0 Å². The summed E-state index contributed by atoms with van der Waals surface area (Å²) in [6.07, 6.45) is 4.86. The number of aromatic nitrogens is 2. The summed E-state index contributed by atoms with van der Waals surface area (Å²) in [5.74, 6) is 1.42. The first-order valence-electron chi connectivity index (χ1n) is 7.22. The lowest BCUT2D eigenvalue weighted by molar-refractivity contribution is 0.554. The number of hydrogen-bond acceptors (Lipinski definition) is 3. The minimum absolute atomic E-state index is 0.577. The summed E-state index contributed by atoms with van der Waals surface area (Å²) in [5.41, 5.74) is 0. The van der Waals surface area contributed by atoms with Gasteiger partial charge in [0.2, 0.25) is 0 Å². The van der Waals surface area contributed by atoms with E-state index in [1.807, 2.05) is 28.3 Å². The number of aliphatic imine (C=N–C) groups is 1. The van der Waals surface area contributed by atoms with E-state index in [1.54, 1.807) is 13.2 Å². The highest BCUT2D eigenvalue weighted by Crippen LogP contribution is 2.13. The number of nitrogens with one attached hydrogen (secondary N) is 2. The van der Waals surface area contributed by atoms with E-state index in [0.29, 0.717) is 5.92 Å². The third-order valence-electron chi connectivity index (χ3n) is 3.16. The van der Waals surface area contributed by atoms with Crippen molar-refractivity contribution in [2.24, 2.45) is 10.9 Å². The second-order valence-electron chi connectivity index (χ2n) is 5.04. The van der Waals surface area contributed by atoms with Gasteiger partial charge >= 0.3 is 0 Å². The van der Waals surface area contributed by atoms with Crippen LogP contribution in [-0.4, -0.2) is 35.9 Å². The van der Waals surface area contributed by atoms with Crippen LogP contribution in [0.15, 0.2) is 41.0 Å². The summed E-state index contributed by atoms with van der Waals surface area (Å²) in [6.45, 7) is 4.81. The van der Waals surface area contributed by atoms with Crippen molar-refractivity contribution in [3.05, 3.63) is 40.8 Å². The molecule has 5 nitrogen and oxygen atoms in total. The lowest BCUT2D eigenvalue weighted by Gasteiger charge is -2.15. The van der Waals surface area contributed by atoms with E-state index in [2.05, 4.69) is 45.2 Å². The molecule has 2 rings (SSSR count). The predicted octanol–water partition coefficient (Wildman–Crippen LogP) is 1.99. The molecule has 0 aliphatic heterocycles. The average Bonchev–Trinajstić information content (AvgIpc) is 3.16. The number of nitrogens with zero attached hydrogens (tertiary/aromatic N) is 3. The monoisotopic (exact) mass is 305 g/mol. The van der Waals surface area contributed by atoms with Crippen LogP contribution in [0.4, 0.5) is 0 Å². The molecule has 6 heteroatoms. The molecule has 2 aromatic heterocycles. The fourth-order valence-corrected chi connectivity index (χ4v) is 2.93. The van der Waals surface area contributed by atoms with Crippen molar-refractivity contribution in [2.75, 3.05) is 20.1 Å². The second kappa shape index (κ2) is 8.46. The maximum absolute atomic E-state index is 4.24.